The molecule has 0 radical (unpaired) electrons. The summed E-state index contributed by atoms with van der Waals surface area (Å²) in [6, 6.07) is 11.2. The topological polar surface area (TPSA) is 112 Å². The Bertz CT molecular complexity index is 1210. The molecule has 0 unspecified atom stereocenters. The number of nitrogens with one attached hydrogen (secondary N) is 1. The van der Waals surface area contributed by atoms with Crippen molar-refractivity contribution < 1.29 is 22.7 Å². The molecule has 4 rings (SSSR count). The van der Waals surface area contributed by atoms with Gasteiger partial charge in [-0.2, -0.15) is 9.57 Å². The van der Waals surface area contributed by atoms with Crippen LogP contribution < -0.4 is 10.1 Å². The first kappa shape index (κ1) is 25.3. The lowest BCUT2D eigenvalue weighted by atomic mass is 10.1. The number of amides is 2. The SMILES string of the molecule is Cc1cc(Cl)cc(Oc2ccc(C#N)cc2S(=O)(=O)N2CCC(NC(=O)N3CCOCC3)CC2)c1. The Balaban J connectivity index is 1.49. The Morgan fingerprint density at radius 1 is 1.14 bits per heavy atom. The van der Waals surface area contributed by atoms with Gasteiger partial charge in [0, 0.05) is 37.2 Å². The molecule has 0 atom stereocenters. The van der Waals surface area contributed by atoms with Crippen molar-refractivity contribution in [2.45, 2.75) is 30.7 Å². The Labute approximate surface area is 210 Å². The average Bonchev–Trinajstić information content (AvgIpc) is 2.84. The zero-order valence-electron chi connectivity index (χ0n) is 19.4. The monoisotopic (exact) mass is 518 g/mol. The number of rotatable bonds is 5. The maximum atomic E-state index is 13.6. The lowest BCUT2D eigenvalue weighted by Gasteiger charge is -2.34. The third kappa shape index (κ3) is 6.05. The zero-order chi connectivity index (χ0) is 25.0. The van der Waals surface area contributed by atoms with E-state index in [1.54, 1.807) is 23.1 Å². The third-order valence-electron chi connectivity index (χ3n) is 6.01. The number of carbonyl (C=O) groups excluding carboxylic acids is 1. The smallest absolute Gasteiger partial charge is 0.317 e. The van der Waals surface area contributed by atoms with Gasteiger partial charge in [0.25, 0.3) is 0 Å². The molecule has 2 aromatic rings. The Morgan fingerprint density at radius 2 is 1.86 bits per heavy atom. The van der Waals surface area contributed by atoms with Gasteiger partial charge in [0.2, 0.25) is 10.0 Å². The number of benzene rings is 2. The second kappa shape index (κ2) is 10.8. The molecule has 2 aromatic carbocycles. The molecule has 2 aliphatic rings. The maximum Gasteiger partial charge on any atom is 0.317 e. The van der Waals surface area contributed by atoms with E-state index in [9.17, 15) is 18.5 Å². The molecule has 0 aliphatic carbocycles. The van der Waals surface area contributed by atoms with Crippen molar-refractivity contribution in [2.75, 3.05) is 39.4 Å². The van der Waals surface area contributed by atoms with Crippen LogP contribution in [0.4, 0.5) is 4.79 Å². The number of piperidine rings is 1. The van der Waals surface area contributed by atoms with Gasteiger partial charge in [-0.05, 0) is 61.7 Å². The predicted molar refractivity (Wildman–Crippen MR) is 130 cm³/mol. The van der Waals surface area contributed by atoms with Gasteiger partial charge in [-0.25, -0.2) is 13.2 Å². The van der Waals surface area contributed by atoms with Crippen LogP contribution in [0.15, 0.2) is 41.3 Å². The van der Waals surface area contributed by atoms with Gasteiger partial charge >= 0.3 is 6.03 Å². The summed E-state index contributed by atoms with van der Waals surface area (Å²) in [6.07, 6.45) is 0.966. The van der Waals surface area contributed by atoms with Gasteiger partial charge in [0.1, 0.15) is 16.4 Å². The average molecular weight is 519 g/mol. The van der Waals surface area contributed by atoms with Crippen LogP contribution in [0.5, 0.6) is 11.5 Å². The summed E-state index contributed by atoms with van der Waals surface area (Å²) < 4.78 is 39.7. The van der Waals surface area contributed by atoms with E-state index in [1.165, 1.54) is 22.5 Å². The summed E-state index contributed by atoms with van der Waals surface area (Å²) in [6.45, 7) is 4.46. The van der Waals surface area contributed by atoms with Crippen LogP contribution in [0.1, 0.15) is 24.0 Å². The summed E-state index contributed by atoms with van der Waals surface area (Å²) in [5.41, 5.74) is 1.08. The first-order valence-corrected chi connectivity index (χ1v) is 13.2. The third-order valence-corrected chi connectivity index (χ3v) is 8.15. The quantitative estimate of drug-likeness (QED) is 0.648. The minimum Gasteiger partial charge on any atom is -0.456 e. The normalized spacial score (nSPS) is 17.6. The minimum atomic E-state index is -3.95. The zero-order valence-corrected chi connectivity index (χ0v) is 20.9. The van der Waals surface area contributed by atoms with E-state index in [4.69, 9.17) is 21.1 Å². The number of sulfonamides is 1. The first-order chi connectivity index (χ1) is 16.8. The van der Waals surface area contributed by atoms with E-state index in [-0.39, 0.29) is 41.4 Å². The number of morpholine rings is 1. The van der Waals surface area contributed by atoms with E-state index in [1.807, 2.05) is 13.0 Å². The predicted octanol–water partition coefficient (Wildman–Crippen LogP) is 3.51. The van der Waals surface area contributed by atoms with Gasteiger partial charge in [-0.15, -0.1) is 0 Å². The Kier molecular flexibility index (Phi) is 7.82. The van der Waals surface area contributed by atoms with Crippen LogP contribution in [0.3, 0.4) is 0 Å². The van der Waals surface area contributed by atoms with Crippen LogP contribution in [-0.4, -0.2) is 69.1 Å². The van der Waals surface area contributed by atoms with Gasteiger partial charge in [0.15, 0.2) is 0 Å². The number of urea groups is 1. The van der Waals surface area contributed by atoms with E-state index < -0.39 is 10.0 Å². The van der Waals surface area contributed by atoms with Crippen LogP contribution in [0, 0.1) is 18.3 Å². The Hall–Kier alpha value is -2.84. The van der Waals surface area contributed by atoms with E-state index >= 15 is 0 Å². The van der Waals surface area contributed by atoms with Crippen molar-refractivity contribution in [3.63, 3.8) is 0 Å². The molecule has 0 saturated carbocycles. The first-order valence-electron chi connectivity index (χ1n) is 11.4. The molecular weight excluding hydrogens is 492 g/mol. The number of nitrogens with zero attached hydrogens (tertiary/aromatic N) is 3. The lowest BCUT2D eigenvalue weighted by molar-refractivity contribution is 0.0520. The minimum absolute atomic E-state index is 0.0787. The molecule has 0 bridgehead atoms. The summed E-state index contributed by atoms with van der Waals surface area (Å²) in [5.74, 6) is 0.522. The molecule has 11 heteroatoms. The maximum absolute atomic E-state index is 13.6. The fourth-order valence-electron chi connectivity index (χ4n) is 4.16. The van der Waals surface area contributed by atoms with Crippen molar-refractivity contribution in [2.24, 2.45) is 0 Å². The lowest BCUT2D eigenvalue weighted by Crippen LogP contribution is -2.52. The molecule has 2 saturated heterocycles. The molecule has 2 fully saturated rings. The number of nitriles is 1. The number of hydrogen-bond donors (Lipinski definition) is 1. The highest BCUT2D eigenvalue weighted by molar-refractivity contribution is 7.89. The van der Waals surface area contributed by atoms with Gasteiger partial charge in [-0.3, -0.25) is 0 Å². The molecule has 2 amide bonds. The van der Waals surface area contributed by atoms with E-state index in [2.05, 4.69) is 5.32 Å². The number of hydrogen-bond acceptors (Lipinski definition) is 6. The summed E-state index contributed by atoms with van der Waals surface area (Å²) >= 11 is 6.13. The summed E-state index contributed by atoms with van der Waals surface area (Å²) in [5, 5.41) is 12.8. The van der Waals surface area contributed by atoms with Crippen LogP contribution in [0.25, 0.3) is 0 Å². The number of halogens is 1. The van der Waals surface area contributed by atoms with Crippen molar-refractivity contribution in [1.82, 2.24) is 14.5 Å². The molecule has 186 valence electrons. The Morgan fingerprint density at radius 3 is 2.51 bits per heavy atom. The second-order valence-corrected chi connectivity index (χ2v) is 10.9. The van der Waals surface area contributed by atoms with Crippen molar-refractivity contribution in [3.8, 4) is 17.6 Å². The second-order valence-electron chi connectivity index (χ2n) is 8.57. The fourth-order valence-corrected chi connectivity index (χ4v) is 6.05. The fraction of sp³-hybridized carbons (Fsp3) is 0.417. The van der Waals surface area contributed by atoms with E-state index in [0.29, 0.717) is 49.9 Å². The molecular formula is C24H27ClN4O5S. The number of ether oxygens (including phenoxy) is 2. The number of carbonyl (C=O) groups is 1. The van der Waals surface area contributed by atoms with Crippen LogP contribution in [0.2, 0.25) is 5.02 Å². The van der Waals surface area contributed by atoms with Gasteiger partial charge < -0.3 is 19.7 Å². The highest BCUT2D eigenvalue weighted by Crippen LogP contribution is 2.34. The standard InChI is InChI=1S/C24H27ClN4O5S/c1-17-12-19(25)15-21(13-17)34-22-3-2-18(16-26)14-23(22)35(31,32)29-6-4-20(5-7-29)27-24(30)28-8-10-33-11-9-28/h2-3,12-15,20H,4-11H2,1H3,(H,27,30). The van der Waals surface area contributed by atoms with Crippen LogP contribution in [-0.2, 0) is 14.8 Å². The van der Waals surface area contributed by atoms with Crippen LogP contribution >= 0.6 is 11.6 Å². The van der Waals surface area contributed by atoms with Crippen molar-refractivity contribution in [3.05, 3.63) is 52.5 Å². The summed E-state index contributed by atoms with van der Waals surface area (Å²) in [7, 11) is -3.95. The summed E-state index contributed by atoms with van der Waals surface area (Å²) in [4.78, 5) is 14.1. The van der Waals surface area contributed by atoms with Gasteiger partial charge in [-0.1, -0.05) is 11.6 Å². The number of aryl methyl sites for hydroxylation is 1. The molecule has 0 aromatic heterocycles. The molecule has 2 aliphatic heterocycles. The molecule has 0 spiro atoms. The highest BCUT2D eigenvalue weighted by atomic mass is 35.5. The molecule has 1 N–H and O–H groups in total. The molecule has 9 nitrogen and oxygen atoms in total. The van der Waals surface area contributed by atoms with Crippen molar-refractivity contribution >= 4 is 27.7 Å². The largest absolute Gasteiger partial charge is 0.456 e. The van der Waals surface area contributed by atoms with Gasteiger partial charge in [0.05, 0.1) is 24.8 Å². The molecule has 2 heterocycles. The van der Waals surface area contributed by atoms with Crippen molar-refractivity contribution in [1.29, 1.82) is 5.26 Å². The van der Waals surface area contributed by atoms with E-state index in [0.717, 1.165) is 5.56 Å². The highest BCUT2D eigenvalue weighted by Gasteiger charge is 2.33. The molecule has 35 heavy (non-hydrogen) atoms.